The standard InChI is InChI=1S/C16H18N2O3/c1-4-7-17-15(19)9-18-11(3)10(2)13-8-12(16(20)21)5-6-14(13)18/h4-6,8H,1,7,9H2,2-3H3,(H,17,19)(H,20,21). The average Bonchev–Trinajstić information content (AvgIpc) is 2.70. The van der Waals surface area contributed by atoms with E-state index in [0.29, 0.717) is 6.54 Å². The number of fused-ring (bicyclic) bond motifs is 1. The first-order valence-corrected chi connectivity index (χ1v) is 6.66. The molecule has 1 aromatic carbocycles. The Morgan fingerprint density at radius 2 is 2.10 bits per heavy atom. The lowest BCUT2D eigenvalue weighted by Crippen LogP contribution is -2.27. The summed E-state index contributed by atoms with van der Waals surface area (Å²) in [7, 11) is 0. The normalized spacial score (nSPS) is 10.6. The van der Waals surface area contributed by atoms with E-state index in [0.717, 1.165) is 22.2 Å². The van der Waals surface area contributed by atoms with Gasteiger partial charge in [0.15, 0.2) is 0 Å². The molecule has 1 aromatic heterocycles. The predicted octanol–water partition coefficient (Wildman–Crippen LogP) is 2.26. The van der Waals surface area contributed by atoms with Gasteiger partial charge in [-0.1, -0.05) is 6.08 Å². The largest absolute Gasteiger partial charge is 0.478 e. The Labute approximate surface area is 122 Å². The zero-order valence-electron chi connectivity index (χ0n) is 12.1. The molecule has 5 heteroatoms. The lowest BCUT2D eigenvalue weighted by Gasteiger charge is -2.08. The highest BCUT2D eigenvalue weighted by Crippen LogP contribution is 2.26. The van der Waals surface area contributed by atoms with Crippen molar-refractivity contribution in [3.8, 4) is 0 Å². The van der Waals surface area contributed by atoms with Crippen LogP contribution in [0.3, 0.4) is 0 Å². The third-order valence-electron chi connectivity index (χ3n) is 3.63. The van der Waals surface area contributed by atoms with E-state index in [1.54, 1.807) is 24.3 Å². The molecule has 21 heavy (non-hydrogen) atoms. The van der Waals surface area contributed by atoms with Crippen molar-refractivity contribution in [2.24, 2.45) is 0 Å². The molecular formula is C16H18N2O3. The number of nitrogens with one attached hydrogen (secondary N) is 1. The number of carboxylic acids is 1. The van der Waals surface area contributed by atoms with E-state index >= 15 is 0 Å². The minimum absolute atomic E-state index is 0.0998. The summed E-state index contributed by atoms with van der Waals surface area (Å²) in [6, 6.07) is 4.96. The summed E-state index contributed by atoms with van der Waals surface area (Å²) < 4.78 is 1.90. The average molecular weight is 286 g/mol. The molecule has 2 aromatic rings. The Morgan fingerprint density at radius 3 is 2.71 bits per heavy atom. The van der Waals surface area contributed by atoms with Crippen LogP contribution >= 0.6 is 0 Å². The Balaban J connectivity index is 2.45. The first-order chi connectivity index (χ1) is 9.95. The summed E-state index contributed by atoms with van der Waals surface area (Å²) in [5, 5.41) is 12.7. The number of carboxylic acid groups (broad SMARTS) is 1. The number of hydrogen-bond acceptors (Lipinski definition) is 2. The second-order valence-corrected chi connectivity index (χ2v) is 4.93. The smallest absolute Gasteiger partial charge is 0.335 e. The van der Waals surface area contributed by atoms with Gasteiger partial charge in [0, 0.05) is 23.1 Å². The zero-order valence-corrected chi connectivity index (χ0v) is 12.1. The number of carbonyl (C=O) groups excluding carboxylic acids is 1. The number of nitrogens with zero attached hydrogens (tertiary/aromatic N) is 1. The Hall–Kier alpha value is -2.56. The molecule has 0 radical (unpaired) electrons. The SMILES string of the molecule is C=CCNC(=O)Cn1c(C)c(C)c2cc(C(=O)O)ccc21. The minimum Gasteiger partial charge on any atom is -0.478 e. The summed E-state index contributed by atoms with van der Waals surface area (Å²) in [6.07, 6.45) is 1.63. The number of benzene rings is 1. The molecule has 0 fully saturated rings. The molecule has 0 aliphatic heterocycles. The lowest BCUT2D eigenvalue weighted by atomic mass is 10.1. The molecule has 110 valence electrons. The molecule has 0 aliphatic rings. The van der Waals surface area contributed by atoms with Gasteiger partial charge in [-0.25, -0.2) is 4.79 Å². The number of amides is 1. The van der Waals surface area contributed by atoms with Crippen molar-refractivity contribution in [3.05, 3.63) is 47.7 Å². The van der Waals surface area contributed by atoms with Crippen LogP contribution in [0.25, 0.3) is 10.9 Å². The number of rotatable bonds is 5. The van der Waals surface area contributed by atoms with Gasteiger partial charge in [-0.3, -0.25) is 4.79 Å². The minimum atomic E-state index is -0.953. The molecule has 0 bridgehead atoms. The van der Waals surface area contributed by atoms with Gasteiger partial charge in [-0.05, 0) is 37.6 Å². The van der Waals surface area contributed by atoms with Crippen LogP contribution in [-0.4, -0.2) is 28.1 Å². The molecule has 0 aliphatic carbocycles. The molecule has 0 saturated heterocycles. The van der Waals surface area contributed by atoms with Gasteiger partial charge in [0.25, 0.3) is 0 Å². The predicted molar refractivity (Wildman–Crippen MR) is 81.6 cm³/mol. The molecular weight excluding hydrogens is 268 g/mol. The van der Waals surface area contributed by atoms with Crippen molar-refractivity contribution in [3.63, 3.8) is 0 Å². The van der Waals surface area contributed by atoms with E-state index in [-0.39, 0.29) is 18.0 Å². The molecule has 0 saturated carbocycles. The number of aromatic nitrogens is 1. The maximum atomic E-state index is 11.9. The number of carbonyl (C=O) groups is 2. The molecule has 5 nitrogen and oxygen atoms in total. The quantitative estimate of drug-likeness (QED) is 0.828. The van der Waals surface area contributed by atoms with Crippen molar-refractivity contribution in [2.45, 2.75) is 20.4 Å². The van der Waals surface area contributed by atoms with Crippen LogP contribution in [0.1, 0.15) is 21.6 Å². The summed E-state index contributed by atoms with van der Waals surface area (Å²) in [5.41, 5.74) is 3.06. The molecule has 0 atom stereocenters. The second-order valence-electron chi connectivity index (χ2n) is 4.93. The van der Waals surface area contributed by atoms with E-state index < -0.39 is 5.97 Å². The van der Waals surface area contributed by atoms with Crippen LogP contribution in [0.5, 0.6) is 0 Å². The first-order valence-electron chi connectivity index (χ1n) is 6.66. The number of hydrogen-bond donors (Lipinski definition) is 2. The van der Waals surface area contributed by atoms with Crippen molar-refractivity contribution < 1.29 is 14.7 Å². The number of aromatic carboxylic acids is 1. The topological polar surface area (TPSA) is 71.3 Å². The third-order valence-corrected chi connectivity index (χ3v) is 3.63. The van der Waals surface area contributed by atoms with Gasteiger partial charge >= 0.3 is 5.97 Å². The van der Waals surface area contributed by atoms with Gasteiger partial charge < -0.3 is 15.0 Å². The highest BCUT2D eigenvalue weighted by molar-refractivity contribution is 5.95. The summed E-state index contributed by atoms with van der Waals surface area (Å²) >= 11 is 0. The van der Waals surface area contributed by atoms with E-state index in [1.165, 1.54) is 0 Å². The molecule has 1 heterocycles. The molecule has 2 N–H and O–H groups in total. The fourth-order valence-corrected chi connectivity index (χ4v) is 2.37. The van der Waals surface area contributed by atoms with Crippen LogP contribution in [0.2, 0.25) is 0 Å². The van der Waals surface area contributed by atoms with Crippen LogP contribution in [0.15, 0.2) is 30.9 Å². The van der Waals surface area contributed by atoms with Crippen LogP contribution in [0.4, 0.5) is 0 Å². The Bertz CT molecular complexity index is 729. The summed E-state index contributed by atoms with van der Waals surface area (Å²) in [6.45, 7) is 8.05. The highest BCUT2D eigenvalue weighted by Gasteiger charge is 2.15. The zero-order chi connectivity index (χ0) is 15.6. The maximum absolute atomic E-state index is 11.9. The van der Waals surface area contributed by atoms with Gasteiger partial charge in [0.1, 0.15) is 6.54 Å². The summed E-state index contributed by atoms with van der Waals surface area (Å²) in [4.78, 5) is 22.9. The van der Waals surface area contributed by atoms with E-state index in [4.69, 9.17) is 5.11 Å². The van der Waals surface area contributed by atoms with Crippen molar-refractivity contribution in [1.29, 1.82) is 0 Å². The van der Waals surface area contributed by atoms with Crippen molar-refractivity contribution in [2.75, 3.05) is 6.54 Å². The third kappa shape index (κ3) is 2.81. The first kappa shape index (κ1) is 14.8. The maximum Gasteiger partial charge on any atom is 0.335 e. The van der Waals surface area contributed by atoms with Gasteiger partial charge in [0.05, 0.1) is 5.56 Å². The monoisotopic (exact) mass is 286 g/mol. The van der Waals surface area contributed by atoms with Crippen LogP contribution in [-0.2, 0) is 11.3 Å². The second kappa shape index (κ2) is 5.83. The fraction of sp³-hybridized carbons (Fsp3) is 0.250. The van der Waals surface area contributed by atoms with E-state index in [2.05, 4.69) is 11.9 Å². The van der Waals surface area contributed by atoms with E-state index in [1.807, 2.05) is 18.4 Å². The molecule has 0 unspecified atom stereocenters. The van der Waals surface area contributed by atoms with Gasteiger partial charge in [-0.2, -0.15) is 0 Å². The van der Waals surface area contributed by atoms with Crippen LogP contribution < -0.4 is 5.32 Å². The molecule has 2 rings (SSSR count). The molecule has 0 spiro atoms. The van der Waals surface area contributed by atoms with Crippen LogP contribution in [0, 0.1) is 13.8 Å². The Morgan fingerprint density at radius 1 is 1.38 bits per heavy atom. The fourth-order valence-electron chi connectivity index (χ4n) is 2.37. The van der Waals surface area contributed by atoms with E-state index in [9.17, 15) is 9.59 Å². The van der Waals surface area contributed by atoms with Gasteiger partial charge in [-0.15, -0.1) is 6.58 Å². The highest BCUT2D eigenvalue weighted by atomic mass is 16.4. The van der Waals surface area contributed by atoms with Gasteiger partial charge in [0.2, 0.25) is 5.91 Å². The van der Waals surface area contributed by atoms with Crippen molar-refractivity contribution in [1.82, 2.24) is 9.88 Å². The molecule has 1 amide bonds. The number of aryl methyl sites for hydroxylation is 1. The Kier molecular flexibility index (Phi) is 4.12. The lowest BCUT2D eigenvalue weighted by molar-refractivity contribution is -0.121. The summed E-state index contributed by atoms with van der Waals surface area (Å²) in [5.74, 6) is -1.05. The van der Waals surface area contributed by atoms with Crippen molar-refractivity contribution >= 4 is 22.8 Å².